The molecule has 0 radical (unpaired) electrons. The molecule has 6 nitrogen and oxygen atoms in total. The number of nitrogens with one attached hydrogen (secondary N) is 3. The van der Waals surface area contributed by atoms with Gasteiger partial charge in [0.1, 0.15) is 6.04 Å². The summed E-state index contributed by atoms with van der Waals surface area (Å²) in [6.07, 6.45) is 2.21. The molecule has 0 saturated heterocycles. The molecule has 2 aromatic heterocycles. The summed E-state index contributed by atoms with van der Waals surface area (Å²) in [5.41, 5.74) is 5.61. The monoisotopic (exact) mass is 389 g/mol. The molecule has 4 aromatic rings. The van der Waals surface area contributed by atoms with Gasteiger partial charge in [-0.25, -0.2) is 4.79 Å². The van der Waals surface area contributed by atoms with Crippen molar-refractivity contribution in [2.24, 2.45) is 0 Å². The number of esters is 1. The molecule has 0 spiro atoms. The number of rotatable bonds is 5. The predicted molar refractivity (Wildman–Crippen MR) is 113 cm³/mol. The third-order valence-corrected chi connectivity index (χ3v) is 5.46. The van der Waals surface area contributed by atoms with E-state index in [1.807, 2.05) is 56.4 Å². The average molecular weight is 389 g/mol. The Balaban J connectivity index is 1.60. The van der Waals surface area contributed by atoms with Crippen LogP contribution in [0.2, 0.25) is 0 Å². The fraction of sp³-hybridized carbons (Fsp3) is 0.217. The van der Waals surface area contributed by atoms with Crippen molar-refractivity contribution in [2.45, 2.75) is 26.3 Å². The van der Waals surface area contributed by atoms with E-state index in [2.05, 4.69) is 15.3 Å². The predicted octanol–water partition coefficient (Wildman–Crippen LogP) is 3.78. The van der Waals surface area contributed by atoms with Crippen molar-refractivity contribution in [1.82, 2.24) is 15.3 Å². The van der Waals surface area contributed by atoms with Gasteiger partial charge in [0.2, 0.25) is 0 Å². The lowest BCUT2D eigenvalue weighted by molar-refractivity contribution is -0.142. The number of aryl methyl sites for hydroxylation is 2. The highest BCUT2D eigenvalue weighted by molar-refractivity contribution is 6.00. The zero-order chi connectivity index (χ0) is 20.5. The Kier molecular flexibility index (Phi) is 4.84. The van der Waals surface area contributed by atoms with Gasteiger partial charge in [0.15, 0.2) is 0 Å². The number of H-pyrrole nitrogens is 2. The summed E-state index contributed by atoms with van der Waals surface area (Å²) in [6, 6.07) is 12.6. The van der Waals surface area contributed by atoms with Gasteiger partial charge in [-0.2, -0.15) is 0 Å². The average Bonchev–Trinajstić information content (AvgIpc) is 3.27. The molecule has 0 unspecified atom stereocenters. The number of carbonyl (C=O) groups is 2. The Morgan fingerprint density at radius 1 is 1.07 bits per heavy atom. The molecular weight excluding hydrogens is 366 g/mol. The van der Waals surface area contributed by atoms with Crippen LogP contribution in [0.25, 0.3) is 21.8 Å². The van der Waals surface area contributed by atoms with E-state index >= 15 is 0 Å². The first-order chi connectivity index (χ1) is 14.0. The van der Waals surface area contributed by atoms with E-state index in [1.165, 1.54) is 7.11 Å². The molecule has 0 bridgehead atoms. The lowest BCUT2D eigenvalue weighted by Crippen LogP contribution is -2.43. The molecule has 29 heavy (non-hydrogen) atoms. The van der Waals surface area contributed by atoms with Crippen molar-refractivity contribution in [3.8, 4) is 0 Å². The second-order valence-corrected chi connectivity index (χ2v) is 7.25. The Labute approximate surface area is 168 Å². The summed E-state index contributed by atoms with van der Waals surface area (Å²) >= 11 is 0. The van der Waals surface area contributed by atoms with Crippen LogP contribution < -0.4 is 5.32 Å². The minimum absolute atomic E-state index is 0.305. The summed E-state index contributed by atoms with van der Waals surface area (Å²) in [5.74, 6) is -0.779. The van der Waals surface area contributed by atoms with Gasteiger partial charge in [-0.3, -0.25) is 4.79 Å². The zero-order valence-electron chi connectivity index (χ0n) is 16.6. The molecule has 0 saturated carbocycles. The second kappa shape index (κ2) is 7.47. The summed E-state index contributed by atoms with van der Waals surface area (Å²) in [5, 5.41) is 4.87. The number of ether oxygens (including phenoxy) is 1. The lowest BCUT2D eigenvalue weighted by Gasteiger charge is -2.16. The van der Waals surface area contributed by atoms with E-state index in [-0.39, 0.29) is 5.91 Å². The Hall–Kier alpha value is -3.54. The highest BCUT2D eigenvalue weighted by atomic mass is 16.5. The zero-order valence-corrected chi connectivity index (χ0v) is 16.6. The fourth-order valence-corrected chi connectivity index (χ4v) is 3.70. The Bertz CT molecular complexity index is 1220. The van der Waals surface area contributed by atoms with Gasteiger partial charge in [-0.1, -0.05) is 18.2 Å². The highest BCUT2D eigenvalue weighted by Crippen LogP contribution is 2.23. The number of methoxy groups -OCH3 is 1. The number of aromatic nitrogens is 2. The molecule has 0 fully saturated rings. The van der Waals surface area contributed by atoms with Crippen molar-refractivity contribution in [3.05, 3.63) is 71.0 Å². The lowest BCUT2D eigenvalue weighted by atomic mass is 10.0. The first-order valence-electron chi connectivity index (χ1n) is 9.50. The van der Waals surface area contributed by atoms with Crippen LogP contribution >= 0.6 is 0 Å². The van der Waals surface area contributed by atoms with Crippen LogP contribution in [0.4, 0.5) is 0 Å². The number of fused-ring (bicyclic) bond motifs is 2. The van der Waals surface area contributed by atoms with Gasteiger partial charge in [-0.15, -0.1) is 0 Å². The quantitative estimate of drug-likeness (QED) is 0.454. The molecule has 3 N–H and O–H groups in total. The smallest absolute Gasteiger partial charge is 0.328 e. The minimum atomic E-state index is -0.781. The molecule has 1 amide bonds. The number of hydrogen-bond acceptors (Lipinski definition) is 3. The van der Waals surface area contributed by atoms with Gasteiger partial charge < -0.3 is 20.0 Å². The van der Waals surface area contributed by atoms with Gasteiger partial charge in [0.25, 0.3) is 5.91 Å². The SMILES string of the molecule is COC(=O)[C@H](Cc1c[nH]c2ccccc12)NC(=O)c1ccc2[nH]c(C)c(C)c2c1. The molecule has 1 atom stereocenters. The van der Waals surface area contributed by atoms with Gasteiger partial charge in [0.05, 0.1) is 7.11 Å². The van der Waals surface area contributed by atoms with Crippen molar-refractivity contribution < 1.29 is 14.3 Å². The maximum absolute atomic E-state index is 12.9. The van der Waals surface area contributed by atoms with E-state index in [1.54, 1.807) is 6.07 Å². The van der Waals surface area contributed by atoms with Crippen LogP contribution in [0, 0.1) is 13.8 Å². The maximum Gasteiger partial charge on any atom is 0.328 e. The van der Waals surface area contributed by atoms with Crippen molar-refractivity contribution in [2.75, 3.05) is 7.11 Å². The molecule has 0 aliphatic carbocycles. The maximum atomic E-state index is 12.9. The fourth-order valence-electron chi connectivity index (χ4n) is 3.70. The van der Waals surface area contributed by atoms with E-state index < -0.39 is 12.0 Å². The molecular formula is C23H23N3O3. The second-order valence-electron chi connectivity index (χ2n) is 7.25. The number of aromatic amines is 2. The van der Waals surface area contributed by atoms with Crippen molar-refractivity contribution >= 4 is 33.7 Å². The molecule has 6 heteroatoms. The van der Waals surface area contributed by atoms with Crippen molar-refractivity contribution in [1.29, 1.82) is 0 Å². The van der Waals surface area contributed by atoms with E-state index in [0.29, 0.717) is 12.0 Å². The number of para-hydroxylation sites is 1. The number of benzene rings is 2. The molecule has 2 aromatic carbocycles. The molecule has 0 aliphatic heterocycles. The van der Waals surface area contributed by atoms with E-state index in [4.69, 9.17) is 4.74 Å². The first kappa shape index (κ1) is 18.8. The molecule has 148 valence electrons. The van der Waals surface area contributed by atoms with Crippen LogP contribution in [0.5, 0.6) is 0 Å². The minimum Gasteiger partial charge on any atom is -0.467 e. The first-order valence-corrected chi connectivity index (χ1v) is 9.50. The summed E-state index contributed by atoms with van der Waals surface area (Å²) in [7, 11) is 1.33. The van der Waals surface area contributed by atoms with Crippen LogP contribution in [-0.4, -0.2) is 35.0 Å². The van der Waals surface area contributed by atoms with E-state index in [9.17, 15) is 9.59 Å². The third kappa shape index (κ3) is 3.49. The number of amides is 1. The van der Waals surface area contributed by atoms with Gasteiger partial charge in [-0.05, 0) is 49.2 Å². The summed E-state index contributed by atoms with van der Waals surface area (Å²) in [4.78, 5) is 31.7. The van der Waals surface area contributed by atoms with Crippen molar-refractivity contribution in [3.63, 3.8) is 0 Å². The molecule has 4 rings (SSSR count). The normalized spacial score (nSPS) is 12.2. The molecule has 0 aliphatic rings. The molecule has 2 heterocycles. The number of carbonyl (C=O) groups excluding carboxylic acids is 2. The van der Waals surface area contributed by atoms with Crippen LogP contribution in [0.1, 0.15) is 27.2 Å². The van der Waals surface area contributed by atoms with Gasteiger partial charge in [0, 0.05) is 45.7 Å². The Morgan fingerprint density at radius 3 is 2.66 bits per heavy atom. The highest BCUT2D eigenvalue weighted by Gasteiger charge is 2.24. The number of hydrogen-bond donors (Lipinski definition) is 3. The van der Waals surface area contributed by atoms with Crippen LogP contribution in [0.3, 0.4) is 0 Å². The van der Waals surface area contributed by atoms with Gasteiger partial charge >= 0.3 is 5.97 Å². The largest absolute Gasteiger partial charge is 0.467 e. The third-order valence-electron chi connectivity index (χ3n) is 5.46. The topological polar surface area (TPSA) is 87.0 Å². The summed E-state index contributed by atoms with van der Waals surface area (Å²) in [6.45, 7) is 4.02. The Morgan fingerprint density at radius 2 is 1.86 bits per heavy atom. The van der Waals surface area contributed by atoms with E-state index in [0.717, 1.165) is 38.6 Å². The summed E-state index contributed by atoms with van der Waals surface area (Å²) < 4.78 is 4.93. The van der Waals surface area contributed by atoms with Crippen LogP contribution in [0.15, 0.2) is 48.7 Å². The standard InChI is InChI=1S/C23H23N3O3/c1-13-14(2)25-20-9-8-15(10-18(13)20)22(27)26-21(23(28)29-3)11-16-12-24-19-7-5-4-6-17(16)19/h4-10,12,21,24-25H,11H2,1-3H3,(H,26,27)/t21-/m0/s1. The van der Waals surface area contributed by atoms with Crippen LogP contribution in [-0.2, 0) is 16.0 Å².